The molecule has 3 aliphatic rings. The topological polar surface area (TPSA) is 102 Å². The van der Waals surface area contributed by atoms with E-state index >= 15 is 0 Å². The van der Waals surface area contributed by atoms with Crippen molar-refractivity contribution in [3.8, 4) is 22.9 Å². The van der Waals surface area contributed by atoms with Gasteiger partial charge in [-0.2, -0.15) is 0 Å². The van der Waals surface area contributed by atoms with Crippen LogP contribution in [0.3, 0.4) is 0 Å². The van der Waals surface area contributed by atoms with Crippen molar-refractivity contribution < 1.29 is 32.9 Å². The van der Waals surface area contributed by atoms with Gasteiger partial charge in [0.05, 0.1) is 51.4 Å². The molecule has 0 radical (unpaired) electrons. The third kappa shape index (κ3) is 5.13. The second kappa shape index (κ2) is 11.1. The number of aryl methyl sites for hydroxylation is 1. The first-order valence-electron chi connectivity index (χ1n) is 13.6. The number of pyridine rings is 1. The molecule has 2 aromatic heterocycles. The summed E-state index contributed by atoms with van der Waals surface area (Å²) in [4.78, 5) is 25.8. The number of ether oxygens (including phenoxy) is 5. The van der Waals surface area contributed by atoms with Crippen molar-refractivity contribution in [2.24, 2.45) is 11.8 Å². The Morgan fingerprint density at radius 3 is 2.60 bits per heavy atom. The Kier molecular flexibility index (Phi) is 7.37. The third-order valence-electron chi connectivity index (χ3n) is 7.95. The van der Waals surface area contributed by atoms with Crippen LogP contribution in [0.15, 0.2) is 36.7 Å². The number of rotatable bonds is 8. The molecule has 0 spiro atoms. The van der Waals surface area contributed by atoms with Crippen LogP contribution in [0.4, 0.5) is 4.39 Å². The Balaban J connectivity index is 1.32. The highest BCUT2D eigenvalue weighted by atomic mass is 19.1. The van der Waals surface area contributed by atoms with E-state index in [-0.39, 0.29) is 35.4 Å². The number of methoxy groups -OCH3 is 2. The molecule has 10 heteroatoms. The summed E-state index contributed by atoms with van der Waals surface area (Å²) in [6, 6.07) is 7.76. The van der Waals surface area contributed by atoms with Gasteiger partial charge in [-0.1, -0.05) is 19.1 Å². The molecule has 6 rings (SSSR count). The highest BCUT2D eigenvalue weighted by Crippen LogP contribution is 2.48. The minimum absolute atomic E-state index is 0.0799. The van der Waals surface area contributed by atoms with Crippen LogP contribution >= 0.6 is 0 Å². The second-order valence-electron chi connectivity index (χ2n) is 10.5. The lowest BCUT2D eigenvalue weighted by Crippen LogP contribution is -2.23. The van der Waals surface area contributed by atoms with Crippen molar-refractivity contribution in [3.05, 3.63) is 65.0 Å². The molecule has 0 unspecified atom stereocenters. The van der Waals surface area contributed by atoms with Gasteiger partial charge in [-0.15, -0.1) is 0 Å². The van der Waals surface area contributed by atoms with E-state index in [1.54, 1.807) is 6.20 Å². The number of aromatic nitrogens is 3. The van der Waals surface area contributed by atoms with Crippen LogP contribution in [0.1, 0.15) is 67.0 Å². The number of fused-ring (bicyclic) bond motifs is 1. The first kappa shape index (κ1) is 26.6. The van der Waals surface area contributed by atoms with Gasteiger partial charge in [0.2, 0.25) is 12.2 Å². The van der Waals surface area contributed by atoms with Crippen LogP contribution in [0, 0.1) is 17.7 Å². The predicted molar refractivity (Wildman–Crippen MR) is 141 cm³/mol. The van der Waals surface area contributed by atoms with Gasteiger partial charge in [-0.3, -0.25) is 9.78 Å². The molecule has 1 saturated heterocycles. The van der Waals surface area contributed by atoms with Gasteiger partial charge in [0, 0.05) is 11.6 Å². The fourth-order valence-electron chi connectivity index (χ4n) is 5.73. The number of nitrogens with zero attached hydrogens (tertiary/aromatic N) is 3. The van der Waals surface area contributed by atoms with Gasteiger partial charge >= 0.3 is 5.97 Å². The summed E-state index contributed by atoms with van der Waals surface area (Å²) in [5.41, 5.74) is 3.68. The molecule has 3 aromatic rings. The van der Waals surface area contributed by atoms with Crippen LogP contribution < -0.4 is 9.47 Å². The lowest BCUT2D eigenvalue weighted by atomic mass is 9.82. The summed E-state index contributed by atoms with van der Waals surface area (Å²) in [5.74, 6) is 0.592. The van der Waals surface area contributed by atoms with Crippen LogP contribution in [-0.2, 0) is 25.4 Å². The molecule has 40 heavy (non-hydrogen) atoms. The molecule has 4 heterocycles. The molecule has 2 aliphatic heterocycles. The average Bonchev–Trinajstić information content (AvgIpc) is 3.67. The molecule has 1 saturated carbocycles. The Morgan fingerprint density at radius 2 is 1.88 bits per heavy atom. The molecular formula is C30H32FN3O6. The largest absolute Gasteiger partial charge is 0.484 e. The highest BCUT2D eigenvalue weighted by molar-refractivity contribution is 5.73. The quantitative estimate of drug-likeness (QED) is 0.355. The lowest BCUT2D eigenvalue weighted by molar-refractivity contribution is -0.145. The standard InChI is InChI=1S/C30H32FN3O6/c1-16(29(35)37-3)26(18-5-6-18)19-7-4-17-8-9-23(40-24(17)12-19)22-15-33-27(28(34-22)30-38-10-11-39-30)20-13-25(36-2)32-14-21(20)31/h4,7,12-16,18,23,26,30H,5-6,8-11H2,1-3H3/t16-,23-,26+/m1/s1. The van der Waals surface area contributed by atoms with Crippen LogP contribution in [-0.4, -0.2) is 48.4 Å². The minimum Gasteiger partial charge on any atom is -0.484 e. The van der Waals surface area contributed by atoms with E-state index in [4.69, 9.17) is 28.7 Å². The number of esters is 1. The van der Waals surface area contributed by atoms with Crippen molar-refractivity contribution in [3.63, 3.8) is 0 Å². The summed E-state index contributed by atoms with van der Waals surface area (Å²) in [7, 11) is 2.90. The van der Waals surface area contributed by atoms with Gasteiger partial charge in [-0.05, 0) is 54.7 Å². The van der Waals surface area contributed by atoms with E-state index < -0.39 is 12.1 Å². The summed E-state index contributed by atoms with van der Waals surface area (Å²) in [6.07, 6.45) is 5.28. The van der Waals surface area contributed by atoms with Gasteiger partial charge in [-0.25, -0.2) is 14.4 Å². The summed E-state index contributed by atoms with van der Waals surface area (Å²) >= 11 is 0. The number of hydrogen-bond acceptors (Lipinski definition) is 9. The normalized spacial score (nSPS) is 20.4. The highest BCUT2D eigenvalue weighted by Gasteiger charge is 2.40. The van der Waals surface area contributed by atoms with E-state index in [2.05, 4.69) is 28.2 Å². The Morgan fingerprint density at radius 1 is 1.07 bits per heavy atom. The Labute approximate surface area is 232 Å². The third-order valence-corrected chi connectivity index (χ3v) is 7.95. The SMILES string of the molecule is COC(=O)[C@H](C)[C@H](c1ccc2c(c1)O[C@@H](c1cnc(-c3cc(OC)ncc3F)c(C3OCCO3)n1)CC2)C1CC1. The van der Waals surface area contributed by atoms with E-state index in [1.807, 2.05) is 6.92 Å². The monoisotopic (exact) mass is 549 g/mol. The maximum Gasteiger partial charge on any atom is 0.309 e. The van der Waals surface area contributed by atoms with Crippen molar-refractivity contribution in [2.45, 2.75) is 50.9 Å². The zero-order valence-corrected chi connectivity index (χ0v) is 22.8. The number of benzene rings is 1. The smallest absolute Gasteiger partial charge is 0.309 e. The van der Waals surface area contributed by atoms with Crippen LogP contribution in [0.5, 0.6) is 11.6 Å². The number of halogens is 1. The molecule has 0 amide bonds. The number of carbonyl (C=O) groups is 1. The number of hydrogen-bond donors (Lipinski definition) is 0. The summed E-state index contributed by atoms with van der Waals surface area (Å²) in [5, 5.41) is 0. The van der Waals surface area contributed by atoms with Gasteiger partial charge in [0.25, 0.3) is 0 Å². The van der Waals surface area contributed by atoms with Gasteiger partial charge in [0.15, 0.2) is 5.82 Å². The fourth-order valence-corrected chi connectivity index (χ4v) is 5.73. The van der Waals surface area contributed by atoms with Crippen LogP contribution in [0.2, 0.25) is 0 Å². The van der Waals surface area contributed by atoms with Crippen molar-refractivity contribution >= 4 is 5.97 Å². The second-order valence-corrected chi connectivity index (χ2v) is 10.5. The van der Waals surface area contributed by atoms with Crippen molar-refractivity contribution in [1.82, 2.24) is 15.0 Å². The first-order valence-corrected chi connectivity index (χ1v) is 13.6. The van der Waals surface area contributed by atoms with E-state index in [9.17, 15) is 9.18 Å². The van der Waals surface area contributed by atoms with Gasteiger partial charge in [0.1, 0.15) is 23.2 Å². The molecule has 210 valence electrons. The lowest BCUT2D eigenvalue weighted by Gasteiger charge is -2.29. The zero-order chi connectivity index (χ0) is 27.8. The fraction of sp³-hybridized carbons (Fsp3) is 0.467. The maximum absolute atomic E-state index is 14.9. The van der Waals surface area contributed by atoms with E-state index in [0.29, 0.717) is 42.6 Å². The van der Waals surface area contributed by atoms with Crippen LogP contribution in [0.25, 0.3) is 11.3 Å². The molecule has 3 atom stereocenters. The molecule has 0 N–H and O–H groups in total. The Hall–Kier alpha value is -3.63. The Bertz CT molecular complexity index is 1410. The average molecular weight is 550 g/mol. The first-order chi connectivity index (χ1) is 19.5. The summed E-state index contributed by atoms with van der Waals surface area (Å²) < 4.78 is 43.1. The van der Waals surface area contributed by atoms with Crippen molar-refractivity contribution in [2.75, 3.05) is 27.4 Å². The molecule has 1 aliphatic carbocycles. The molecular weight excluding hydrogens is 517 g/mol. The molecule has 0 bridgehead atoms. The predicted octanol–water partition coefficient (Wildman–Crippen LogP) is 5.10. The summed E-state index contributed by atoms with van der Waals surface area (Å²) in [6.45, 7) is 2.74. The van der Waals surface area contributed by atoms with Crippen molar-refractivity contribution in [1.29, 1.82) is 0 Å². The van der Waals surface area contributed by atoms with Gasteiger partial charge < -0.3 is 23.7 Å². The molecule has 9 nitrogen and oxygen atoms in total. The van der Waals surface area contributed by atoms with E-state index in [1.165, 1.54) is 20.3 Å². The molecule has 2 fully saturated rings. The number of carbonyl (C=O) groups excluding carboxylic acids is 1. The minimum atomic E-state index is -0.775. The molecule has 1 aromatic carbocycles. The zero-order valence-electron chi connectivity index (χ0n) is 22.8. The van der Waals surface area contributed by atoms with E-state index in [0.717, 1.165) is 42.3 Å². The maximum atomic E-state index is 14.9.